The molecule has 1 aromatic rings. The number of fused-ring (bicyclic) bond motifs is 2. The summed E-state index contributed by atoms with van der Waals surface area (Å²) in [5.41, 5.74) is 1.19. The first-order valence-electron chi connectivity index (χ1n) is 6.78. The van der Waals surface area contributed by atoms with Crippen LogP contribution in [-0.2, 0) is 9.53 Å². The number of rotatable bonds is 2. The topological polar surface area (TPSA) is 38.3 Å². The summed E-state index contributed by atoms with van der Waals surface area (Å²) in [6.07, 6.45) is 3.22. The molecule has 0 aromatic heterocycles. The summed E-state index contributed by atoms with van der Waals surface area (Å²) in [6, 6.07) is 8.66. The van der Waals surface area contributed by atoms with Crippen LogP contribution in [0, 0.1) is 5.92 Å². The molecule has 2 unspecified atom stereocenters. The lowest BCUT2D eigenvalue weighted by Crippen LogP contribution is -2.48. The monoisotopic (exact) mass is 279 g/mol. The van der Waals surface area contributed by atoms with Crippen LogP contribution in [0.4, 0.5) is 0 Å². The largest absolute Gasteiger partial charge is 0.469 e. The third-order valence-electron chi connectivity index (χ3n) is 4.45. The number of hydrogen-bond acceptors (Lipinski definition) is 3. The zero-order chi connectivity index (χ0) is 13.4. The third kappa shape index (κ3) is 2.37. The van der Waals surface area contributed by atoms with E-state index < -0.39 is 0 Å². The molecule has 0 spiro atoms. The van der Waals surface area contributed by atoms with Crippen LogP contribution in [-0.4, -0.2) is 25.2 Å². The number of methoxy groups -OCH3 is 1. The molecule has 2 bridgehead atoms. The molecule has 2 fully saturated rings. The minimum Gasteiger partial charge on any atom is -0.469 e. The van der Waals surface area contributed by atoms with E-state index in [-0.39, 0.29) is 23.8 Å². The van der Waals surface area contributed by atoms with Gasteiger partial charge >= 0.3 is 5.97 Å². The summed E-state index contributed by atoms with van der Waals surface area (Å²) in [6.45, 7) is 0. The van der Waals surface area contributed by atoms with Crippen LogP contribution in [0.15, 0.2) is 24.3 Å². The van der Waals surface area contributed by atoms with Crippen LogP contribution in [0.25, 0.3) is 0 Å². The summed E-state index contributed by atoms with van der Waals surface area (Å²) in [7, 11) is 1.47. The first kappa shape index (κ1) is 12.9. The normalized spacial score (nSPS) is 33.2. The van der Waals surface area contributed by atoms with Crippen molar-refractivity contribution in [2.45, 2.75) is 37.3 Å². The summed E-state index contributed by atoms with van der Waals surface area (Å²) in [4.78, 5) is 12.1. The molecule has 0 aliphatic carbocycles. The number of hydrogen-bond donors (Lipinski definition) is 1. The SMILES string of the molecule is COC(=O)C1C(c2ccc(Cl)cc2)C[C@H]2CC[C@@H]1N2. The second-order valence-electron chi connectivity index (χ2n) is 5.49. The zero-order valence-electron chi connectivity index (χ0n) is 10.9. The highest BCUT2D eigenvalue weighted by Gasteiger charge is 2.46. The Bertz CT molecular complexity index is 474. The van der Waals surface area contributed by atoms with Gasteiger partial charge in [-0.25, -0.2) is 0 Å². The molecule has 2 aliphatic rings. The van der Waals surface area contributed by atoms with Crippen molar-refractivity contribution in [2.24, 2.45) is 5.92 Å². The Morgan fingerprint density at radius 1 is 1.32 bits per heavy atom. The Balaban J connectivity index is 1.92. The van der Waals surface area contributed by atoms with Gasteiger partial charge in [-0.05, 0) is 37.0 Å². The quantitative estimate of drug-likeness (QED) is 0.846. The van der Waals surface area contributed by atoms with Crippen LogP contribution in [0.1, 0.15) is 30.7 Å². The number of piperidine rings is 1. The molecule has 4 atom stereocenters. The zero-order valence-corrected chi connectivity index (χ0v) is 11.7. The second kappa shape index (κ2) is 5.14. The van der Waals surface area contributed by atoms with Gasteiger partial charge in [0.1, 0.15) is 0 Å². The van der Waals surface area contributed by atoms with E-state index in [1.165, 1.54) is 12.7 Å². The van der Waals surface area contributed by atoms with Gasteiger partial charge in [0, 0.05) is 23.0 Å². The molecule has 2 heterocycles. The maximum Gasteiger partial charge on any atom is 0.310 e. The highest BCUT2D eigenvalue weighted by atomic mass is 35.5. The van der Waals surface area contributed by atoms with Gasteiger partial charge in [0.25, 0.3) is 0 Å². The van der Waals surface area contributed by atoms with Gasteiger partial charge in [0.2, 0.25) is 0 Å². The lowest BCUT2D eigenvalue weighted by molar-refractivity contribution is -0.148. The van der Waals surface area contributed by atoms with Crippen LogP contribution in [0.2, 0.25) is 5.02 Å². The maximum atomic E-state index is 12.1. The van der Waals surface area contributed by atoms with Gasteiger partial charge in [0.05, 0.1) is 13.0 Å². The molecule has 19 heavy (non-hydrogen) atoms. The molecule has 3 rings (SSSR count). The lowest BCUT2D eigenvalue weighted by Gasteiger charge is -2.36. The average Bonchev–Trinajstić information content (AvgIpc) is 2.80. The summed E-state index contributed by atoms with van der Waals surface area (Å²) < 4.78 is 5.01. The van der Waals surface area contributed by atoms with Gasteiger partial charge in [-0.1, -0.05) is 23.7 Å². The Labute approximate surface area is 118 Å². The third-order valence-corrected chi connectivity index (χ3v) is 4.70. The van der Waals surface area contributed by atoms with E-state index in [0.717, 1.165) is 24.3 Å². The molecular weight excluding hydrogens is 262 g/mol. The molecule has 1 N–H and O–H groups in total. The fraction of sp³-hybridized carbons (Fsp3) is 0.533. The number of benzene rings is 1. The highest BCUT2D eigenvalue weighted by molar-refractivity contribution is 6.30. The van der Waals surface area contributed by atoms with Crippen molar-refractivity contribution in [3.05, 3.63) is 34.9 Å². The second-order valence-corrected chi connectivity index (χ2v) is 5.93. The van der Waals surface area contributed by atoms with Crippen molar-refractivity contribution >= 4 is 17.6 Å². The van der Waals surface area contributed by atoms with E-state index in [1.54, 1.807) is 0 Å². The number of ether oxygens (including phenoxy) is 1. The molecule has 2 saturated heterocycles. The van der Waals surface area contributed by atoms with E-state index in [9.17, 15) is 4.79 Å². The molecule has 0 amide bonds. The Morgan fingerprint density at radius 2 is 2.05 bits per heavy atom. The average molecular weight is 280 g/mol. The summed E-state index contributed by atoms with van der Waals surface area (Å²) in [5, 5.41) is 4.27. The Kier molecular flexibility index (Phi) is 3.50. The first-order valence-corrected chi connectivity index (χ1v) is 7.16. The van der Waals surface area contributed by atoms with Gasteiger partial charge < -0.3 is 10.1 Å². The molecule has 3 nitrogen and oxygen atoms in total. The molecule has 1 aromatic carbocycles. The molecule has 2 aliphatic heterocycles. The fourth-order valence-electron chi connectivity index (χ4n) is 3.57. The van der Waals surface area contributed by atoms with Crippen molar-refractivity contribution in [3.63, 3.8) is 0 Å². The minimum atomic E-state index is -0.0993. The van der Waals surface area contributed by atoms with Crippen molar-refractivity contribution in [2.75, 3.05) is 7.11 Å². The van der Waals surface area contributed by atoms with Crippen molar-refractivity contribution in [1.82, 2.24) is 5.32 Å². The van der Waals surface area contributed by atoms with Gasteiger partial charge in [0.15, 0.2) is 0 Å². The Morgan fingerprint density at radius 3 is 2.74 bits per heavy atom. The van der Waals surface area contributed by atoms with Crippen molar-refractivity contribution < 1.29 is 9.53 Å². The number of halogens is 1. The van der Waals surface area contributed by atoms with Gasteiger partial charge in [-0.15, -0.1) is 0 Å². The summed E-state index contributed by atoms with van der Waals surface area (Å²) in [5.74, 6) is 0.0613. The van der Waals surface area contributed by atoms with Gasteiger partial charge in [-0.3, -0.25) is 4.79 Å². The molecule has 4 heteroatoms. The van der Waals surface area contributed by atoms with Crippen LogP contribution in [0.3, 0.4) is 0 Å². The van der Waals surface area contributed by atoms with Crippen LogP contribution >= 0.6 is 11.6 Å². The number of carbonyl (C=O) groups excluding carboxylic acids is 1. The van der Waals surface area contributed by atoms with Crippen LogP contribution in [0.5, 0.6) is 0 Å². The fourth-order valence-corrected chi connectivity index (χ4v) is 3.70. The smallest absolute Gasteiger partial charge is 0.310 e. The van der Waals surface area contributed by atoms with E-state index in [4.69, 9.17) is 16.3 Å². The highest BCUT2D eigenvalue weighted by Crippen LogP contribution is 2.42. The van der Waals surface area contributed by atoms with E-state index in [0.29, 0.717) is 6.04 Å². The van der Waals surface area contributed by atoms with Crippen molar-refractivity contribution in [1.29, 1.82) is 0 Å². The predicted octanol–water partition coefficient (Wildman–Crippen LogP) is 2.74. The molecule has 102 valence electrons. The van der Waals surface area contributed by atoms with Gasteiger partial charge in [-0.2, -0.15) is 0 Å². The Hall–Kier alpha value is -1.06. The van der Waals surface area contributed by atoms with E-state index in [2.05, 4.69) is 5.32 Å². The summed E-state index contributed by atoms with van der Waals surface area (Å²) >= 11 is 5.94. The maximum absolute atomic E-state index is 12.1. The number of nitrogens with one attached hydrogen (secondary N) is 1. The molecule has 0 saturated carbocycles. The van der Waals surface area contributed by atoms with Crippen LogP contribution < -0.4 is 5.32 Å². The molecular formula is C15H18ClNO2. The number of carbonyl (C=O) groups is 1. The standard InChI is InChI=1S/C15H18ClNO2/c1-19-15(18)14-12(8-11-6-7-13(14)17-11)9-2-4-10(16)5-3-9/h2-5,11-14,17H,6-8H2,1H3/t11-,12?,13+,14?/m1/s1. The number of esters is 1. The lowest BCUT2D eigenvalue weighted by atomic mass is 9.77. The van der Waals surface area contributed by atoms with Crippen molar-refractivity contribution in [3.8, 4) is 0 Å². The first-order chi connectivity index (χ1) is 9.19. The minimum absolute atomic E-state index is 0.0788. The molecule has 0 radical (unpaired) electrons. The van der Waals surface area contributed by atoms with E-state index in [1.807, 2.05) is 24.3 Å². The van der Waals surface area contributed by atoms with E-state index >= 15 is 0 Å². The predicted molar refractivity (Wildman–Crippen MR) is 74.3 cm³/mol.